The van der Waals surface area contributed by atoms with Crippen LogP contribution in [-0.2, 0) is 16.1 Å². The number of benzene rings is 1. The van der Waals surface area contributed by atoms with E-state index in [9.17, 15) is 9.59 Å². The molecule has 0 aliphatic carbocycles. The van der Waals surface area contributed by atoms with Crippen molar-refractivity contribution in [1.29, 1.82) is 0 Å². The summed E-state index contributed by atoms with van der Waals surface area (Å²) in [5, 5.41) is 6.37. The van der Waals surface area contributed by atoms with Crippen molar-refractivity contribution < 1.29 is 14.5 Å². The molecule has 0 fully saturated rings. The van der Waals surface area contributed by atoms with E-state index in [0.29, 0.717) is 23.1 Å². The molecule has 0 spiro atoms. The van der Waals surface area contributed by atoms with Crippen LogP contribution in [0.15, 0.2) is 18.2 Å². The van der Waals surface area contributed by atoms with Gasteiger partial charge in [-0.3, -0.25) is 9.59 Å². The molecule has 0 aliphatic heterocycles. The lowest BCUT2D eigenvalue weighted by Crippen LogP contribution is -3.08. The molecule has 0 heterocycles. The van der Waals surface area contributed by atoms with Crippen molar-refractivity contribution in [2.24, 2.45) is 0 Å². The van der Waals surface area contributed by atoms with Gasteiger partial charge >= 0.3 is 0 Å². The maximum atomic E-state index is 11.7. The van der Waals surface area contributed by atoms with Gasteiger partial charge < -0.3 is 15.5 Å². The van der Waals surface area contributed by atoms with Crippen LogP contribution in [0.3, 0.4) is 0 Å². The Hall–Kier alpha value is -1.30. The van der Waals surface area contributed by atoms with E-state index in [1.54, 1.807) is 12.1 Å². The molecular formula is C14H20Cl2N3O2+. The third kappa shape index (κ3) is 6.80. The van der Waals surface area contributed by atoms with Crippen LogP contribution in [0.1, 0.15) is 12.5 Å². The highest BCUT2D eigenvalue weighted by molar-refractivity contribution is 6.35. The van der Waals surface area contributed by atoms with E-state index < -0.39 is 0 Å². The van der Waals surface area contributed by atoms with Gasteiger partial charge in [0.1, 0.15) is 6.54 Å². The Morgan fingerprint density at radius 1 is 1.19 bits per heavy atom. The van der Waals surface area contributed by atoms with Gasteiger partial charge in [-0.2, -0.15) is 0 Å². The zero-order valence-corrected chi connectivity index (χ0v) is 13.6. The predicted octanol–water partition coefficient (Wildman–Crippen LogP) is 0.260. The smallest absolute Gasteiger partial charge is 0.275 e. The Balaban J connectivity index is 2.40. The van der Waals surface area contributed by atoms with Crippen molar-refractivity contribution >= 4 is 35.0 Å². The quantitative estimate of drug-likeness (QED) is 0.670. The van der Waals surface area contributed by atoms with Gasteiger partial charge in [0, 0.05) is 17.1 Å². The fourth-order valence-electron chi connectivity index (χ4n) is 1.83. The number of carbonyl (C=O) groups excluding carboxylic acids is 2. The van der Waals surface area contributed by atoms with Crippen LogP contribution < -0.4 is 15.5 Å². The van der Waals surface area contributed by atoms with Gasteiger partial charge in [0.05, 0.1) is 18.6 Å². The molecule has 1 atom stereocenters. The lowest BCUT2D eigenvalue weighted by molar-refractivity contribution is -0.885. The first kappa shape index (κ1) is 17.8. The number of quaternary nitrogens is 1. The molecule has 0 saturated heterocycles. The molecule has 1 aromatic carbocycles. The average Bonchev–Trinajstić information content (AvgIpc) is 2.40. The topological polar surface area (TPSA) is 62.6 Å². The van der Waals surface area contributed by atoms with Gasteiger partial charge in [0.2, 0.25) is 5.91 Å². The number of rotatable bonds is 7. The van der Waals surface area contributed by atoms with E-state index >= 15 is 0 Å². The molecule has 21 heavy (non-hydrogen) atoms. The molecule has 3 N–H and O–H groups in total. The number of likely N-dealkylation sites (N-methyl/N-ethyl adjacent to an activating group) is 2. The molecule has 1 aromatic rings. The summed E-state index contributed by atoms with van der Waals surface area (Å²) in [5.74, 6) is -0.368. The maximum Gasteiger partial charge on any atom is 0.275 e. The van der Waals surface area contributed by atoms with Crippen molar-refractivity contribution in [3.63, 3.8) is 0 Å². The standard InChI is InChI=1S/C14H19Cl2N3O2/c1-3-17-13(20)7-18-14(21)9-19(2)8-10-4-5-11(15)6-12(10)16/h4-6H,3,7-9H2,1-2H3,(H,17,20)(H,18,21)/p+1. The highest BCUT2D eigenvalue weighted by Gasteiger charge is 2.13. The summed E-state index contributed by atoms with van der Waals surface area (Å²) in [4.78, 5) is 23.9. The van der Waals surface area contributed by atoms with E-state index in [1.807, 2.05) is 20.0 Å². The lowest BCUT2D eigenvalue weighted by Gasteiger charge is -2.14. The molecule has 1 rings (SSSR count). The van der Waals surface area contributed by atoms with E-state index in [0.717, 1.165) is 10.5 Å². The Labute approximate surface area is 134 Å². The zero-order chi connectivity index (χ0) is 15.8. The van der Waals surface area contributed by atoms with Crippen LogP contribution >= 0.6 is 23.2 Å². The van der Waals surface area contributed by atoms with E-state index in [2.05, 4.69) is 10.6 Å². The fraction of sp³-hybridized carbons (Fsp3) is 0.429. The monoisotopic (exact) mass is 332 g/mol. The summed E-state index contributed by atoms with van der Waals surface area (Å²) < 4.78 is 0. The van der Waals surface area contributed by atoms with E-state index in [-0.39, 0.29) is 24.9 Å². The SMILES string of the molecule is CCNC(=O)CNC(=O)C[NH+](C)Cc1ccc(Cl)cc1Cl. The van der Waals surface area contributed by atoms with Crippen molar-refractivity contribution in [2.45, 2.75) is 13.5 Å². The van der Waals surface area contributed by atoms with E-state index in [1.165, 1.54) is 0 Å². The second kappa shape index (κ2) is 8.87. The van der Waals surface area contributed by atoms with Crippen molar-refractivity contribution in [2.75, 3.05) is 26.7 Å². The van der Waals surface area contributed by atoms with Crippen LogP contribution in [-0.4, -0.2) is 38.5 Å². The first-order valence-corrected chi connectivity index (χ1v) is 7.46. The van der Waals surface area contributed by atoms with Gasteiger partial charge in [-0.25, -0.2) is 0 Å². The molecular weight excluding hydrogens is 313 g/mol. The minimum atomic E-state index is -0.191. The van der Waals surface area contributed by atoms with Crippen molar-refractivity contribution in [3.05, 3.63) is 33.8 Å². The minimum absolute atomic E-state index is 0.00164. The second-order valence-corrected chi connectivity index (χ2v) is 5.62. The van der Waals surface area contributed by atoms with Gasteiger partial charge in [-0.05, 0) is 19.1 Å². The number of halogens is 2. The fourth-order valence-corrected chi connectivity index (χ4v) is 2.30. The van der Waals surface area contributed by atoms with Crippen LogP contribution in [0.4, 0.5) is 0 Å². The molecule has 116 valence electrons. The number of carbonyl (C=O) groups is 2. The van der Waals surface area contributed by atoms with Gasteiger partial charge in [0.15, 0.2) is 6.54 Å². The molecule has 0 aliphatic rings. The molecule has 0 aromatic heterocycles. The molecule has 0 bridgehead atoms. The summed E-state index contributed by atoms with van der Waals surface area (Å²) in [6.07, 6.45) is 0. The molecule has 2 amide bonds. The van der Waals surface area contributed by atoms with Crippen molar-refractivity contribution in [1.82, 2.24) is 10.6 Å². The number of hydrogen-bond acceptors (Lipinski definition) is 2. The number of amides is 2. The van der Waals surface area contributed by atoms with E-state index in [4.69, 9.17) is 23.2 Å². The Bertz CT molecular complexity index is 509. The largest absolute Gasteiger partial charge is 0.355 e. The van der Waals surface area contributed by atoms with Crippen LogP contribution in [0.2, 0.25) is 10.0 Å². The Morgan fingerprint density at radius 2 is 1.90 bits per heavy atom. The van der Waals surface area contributed by atoms with Gasteiger partial charge in [0.25, 0.3) is 5.91 Å². The Kier molecular flexibility index (Phi) is 7.50. The summed E-state index contributed by atoms with van der Waals surface area (Å²) >= 11 is 11.9. The number of hydrogen-bond donors (Lipinski definition) is 3. The first-order valence-electron chi connectivity index (χ1n) is 6.71. The van der Waals surface area contributed by atoms with Crippen LogP contribution in [0.25, 0.3) is 0 Å². The second-order valence-electron chi connectivity index (χ2n) is 4.78. The highest BCUT2D eigenvalue weighted by Crippen LogP contribution is 2.19. The lowest BCUT2D eigenvalue weighted by atomic mass is 10.2. The maximum absolute atomic E-state index is 11.7. The molecule has 0 radical (unpaired) electrons. The summed E-state index contributed by atoms with van der Waals surface area (Å²) in [6, 6.07) is 5.30. The molecule has 7 heteroatoms. The molecule has 5 nitrogen and oxygen atoms in total. The third-order valence-electron chi connectivity index (χ3n) is 2.79. The Morgan fingerprint density at radius 3 is 2.52 bits per heavy atom. The summed E-state index contributed by atoms with van der Waals surface area (Å²) in [7, 11) is 1.89. The van der Waals surface area contributed by atoms with Gasteiger partial charge in [-0.15, -0.1) is 0 Å². The highest BCUT2D eigenvalue weighted by atomic mass is 35.5. The zero-order valence-electron chi connectivity index (χ0n) is 12.1. The predicted molar refractivity (Wildman–Crippen MR) is 83.6 cm³/mol. The first-order chi connectivity index (χ1) is 9.92. The normalized spacial score (nSPS) is 11.8. The summed E-state index contributed by atoms with van der Waals surface area (Å²) in [6.45, 7) is 3.24. The average molecular weight is 333 g/mol. The van der Waals surface area contributed by atoms with Crippen LogP contribution in [0.5, 0.6) is 0 Å². The van der Waals surface area contributed by atoms with Crippen molar-refractivity contribution in [3.8, 4) is 0 Å². The number of nitrogens with one attached hydrogen (secondary N) is 3. The summed E-state index contributed by atoms with van der Waals surface area (Å²) in [5.41, 5.74) is 0.926. The third-order valence-corrected chi connectivity index (χ3v) is 3.38. The molecule has 0 saturated carbocycles. The van der Waals surface area contributed by atoms with Crippen LogP contribution in [0, 0.1) is 0 Å². The minimum Gasteiger partial charge on any atom is -0.355 e. The van der Waals surface area contributed by atoms with Gasteiger partial charge in [-0.1, -0.05) is 29.3 Å². The molecule has 1 unspecified atom stereocenters.